The fourth-order valence-electron chi connectivity index (χ4n) is 4.82. The number of ether oxygens (including phenoxy) is 1. The Morgan fingerprint density at radius 2 is 1.71 bits per heavy atom. The van der Waals surface area contributed by atoms with Gasteiger partial charge in [0, 0.05) is 12.0 Å². The van der Waals surface area contributed by atoms with Gasteiger partial charge in [0.1, 0.15) is 12.6 Å². The Bertz CT molecular complexity index is 1050. The molecule has 178 valence electrons. The molecule has 0 heterocycles. The second-order valence-corrected chi connectivity index (χ2v) is 8.86. The molecule has 4 rings (SSSR count). The standard InChI is InChI=1S/C27H30N2O5/c1-2-8-24(25(30)28-18-10-7-9-17(15-18)26(31)32)29-27(33)34-16-23-21-13-5-3-11-19(21)20-12-4-6-14-22(20)23/h3-7,10-14,17-18,23-24H,2,8-9,15-16H2,1H3,(H,28,30)(H,29,33)(H,31,32)/t17-,18-,24+/m0/s1. The lowest BCUT2D eigenvalue weighted by molar-refractivity contribution is -0.142. The van der Waals surface area contributed by atoms with Gasteiger partial charge in [-0.3, -0.25) is 9.59 Å². The summed E-state index contributed by atoms with van der Waals surface area (Å²) < 4.78 is 5.58. The fourth-order valence-corrected chi connectivity index (χ4v) is 4.82. The van der Waals surface area contributed by atoms with Crippen LogP contribution >= 0.6 is 0 Å². The number of fused-ring (bicyclic) bond motifs is 3. The van der Waals surface area contributed by atoms with E-state index in [1.165, 1.54) is 0 Å². The van der Waals surface area contributed by atoms with Crippen LogP contribution in [-0.2, 0) is 14.3 Å². The molecule has 3 N–H and O–H groups in total. The second-order valence-electron chi connectivity index (χ2n) is 8.86. The Labute approximate surface area is 199 Å². The fraction of sp³-hybridized carbons (Fsp3) is 0.370. The molecule has 2 aliphatic carbocycles. The summed E-state index contributed by atoms with van der Waals surface area (Å²) in [5.41, 5.74) is 4.54. The van der Waals surface area contributed by atoms with Crippen LogP contribution in [0.2, 0.25) is 0 Å². The molecule has 0 bridgehead atoms. The molecule has 0 aromatic heterocycles. The van der Waals surface area contributed by atoms with Gasteiger partial charge in [-0.1, -0.05) is 74.0 Å². The quantitative estimate of drug-likeness (QED) is 0.509. The zero-order valence-electron chi connectivity index (χ0n) is 19.2. The molecule has 34 heavy (non-hydrogen) atoms. The number of rotatable bonds is 8. The highest BCUT2D eigenvalue weighted by atomic mass is 16.5. The number of nitrogens with one attached hydrogen (secondary N) is 2. The zero-order valence-corrected chi connectivity index (χ0v) is 19.2. The first-order valence-electron chi connectivity index (χ1n) is 11.8. The van der Waals surface area contributed by atoms with Gasteiger partial charge >= 0.3 is 12.1 Å². The molecular weight excluding hydrogens is 432 g/mol. The van der Waals surface area contributed by atoms with Gasteiger partial charge in [0.2, 0.25) is 5.91 Å². The summed E-state index contributed by atoms with van der Waals surface area (Å²) in [4.78, 5) is 36.8. The van der Waals surface area contributed by atoms with Crippen LogP contribution in [0.1, 0.15) is 49.7 Å². The van der Waals surface area contributed by atoms with Gasteiger partial charge in [-0.2, -0.15) is 0 Å². The van der Waals surface area contributed by atoms with Crippen LogP contribution in [0.4, 0.5) is 4.79 Å². The maximum Gasteiger partial charge on any atom is 0.407 e. The van der Waals surface area contributed by atoms with Gasteiger partial charge in [-0.15, -0.1) is 0 Å². The summed E-state index contributed by atoms with van der Waals surface area (Å²) in [6.07, 6.45) is 4.89. The highest BCUT2D eigenvalue weighted by Crippen LogP contribution is 2.44. The SMILES string of the molecule is CCC[C@@H](NC(=O)OCC1c2ccccc2-c2ccccc21)C(=O)N[C@H]1C=CC[C@H](C(=O)O)C1. The summed E-state index contributed by atoms with van der Waals surface area (Å²) in [5.74, 6) is -1.78. The molecule has 7 nitrogen and oxygen atoms in total. The minimum atomic E-state index is -0.870. The van der Waals surface area contributed by atoms with Crippen molar-refractivity contribution in [1.82, 2.24) is 10.6 Å². The highest BCUT2D eigenvalue weighted by Gasteiger charge is 2.30. The van der Waals surface area contributed by atoms with Gasteiger partial charge in [0.15, 0.2) is 0 Å². The first-order valence-corrected chi connectivity index (χ1v) is 11.8. The van der Waals surface area contributed by atoms with Gasteiger partial charge in [-0.05, 0) is 41.5 Å². The molecule has 2 aromatic rings. The number of carboxylic acid groups (broad SMARTS) is 1. The van der Waals surface area contributed by atoms with E-state index >= 15 is 0 Å². The maximum absolute atomic E-state index is 12.8. The molecule has 0 unspecified atom stereocenters. The summed E-state index contributed by atoms with van der Waals surface area (Å²) in [7, 11) is 0. The monoisotopic (exact) mass is 462 g/mol. The van der Waals surface area contributed by atoms with E-state index in [0.717, 1.165) is 22.3 Å². The van der Waals surface area contributed by atoms with E-state index in [0.29, 0.717) is 25.7 Å². The van der Waals surface area contributed by atoms with Gasteiger partial charge in [0.25, 0.3) is 0 Å². The Balaban J connectivity index is 1.36. The van der Waals surface area contributed by atoms with Crippen LogP contribution in [0.25, 0.3) is 11.1 Å². The molecule has 0 fully saturated rings. The van der Waals surface area contributed by atoms with E-state index < -0.39 is 24.0 Å². The number of carboxylic acids is 1. The Hall–Kier alpha value is -3.61. The molecular formula is C27H30N2O5. The minimum Gasteiger partial charge on any atom is -0.481 e. The first kappa shape index (κ1) is 23.5. The van der Waals surface area contributed by atoms with Crippen LogP contribution < -0.4 is 10.6 Å². The molecule has 2 aromatic carbocycles. The predicted molar refractivity (Wildman–Crippen MR) is 128 cm³/mol. The number of amides is 2. The van der Waals surface area contributed by atoms with Crippen molar-refractivity contribution in [2.75, 3.05) is 6.61 Å². The Morgan fingerprint density at radius 1 is 1.06 bits per heavy atom. The number of carbonyl (C=O) groups is 3. The van der Waals surface area contributed by atoms with Crippen LogP contribution in [0, 0.1) is 5.92 Å². The average Bonchev–Trinajstić information content (AvgIpc) is 3.16. The Kier molecular flexibility index (Phi) is 7.30. The third-order valence-corrected chi connectivity index (χ3v) is 6.53. The van der Waals surface area contributed by atoms with Crippen molar-refractivity contribution in [2.24, 2.45) is 5.92 Å². The topological polar surface area (TPSA) is 105 Å². The minimum absolute atomic E-state index is 0.0584. The third-order valence-electron chi connectivity index (χ3n) is 6.53. The molecule has 2 amide bonds. The van der Waals surface area contributed by atoms with E-state index in [-0.39, 0.29) is 24.5 Å². The molecule has 0 saturated carbocycles. The molecule has 0 aliphatic heterocycles. The largest absolute Gasteiger partial charge is 0.481 e. The lowest BCUT2D eigenvalue weighted by atomic mass is 9.91. The van der Waals surface area contributed by atoms with Crippen molar-refractivity contribution < 1.29 is 24.2 Å². The number of aliphatic carboxylic acids is 1. The smallest absolute Gasteiger partial charge is 0.407 e. The summed E-state index contributed by atoms with van der Waals surface area (Å²) in [5, 5.41) is 14.8. The summed E-state index contributed by atoms with van der Waals surface area (Å²) in [6, 6.07) is 15.1. The van der Waals surface area contributed by atoms with E-state index in [1.54, 1.807) is 6.08 Å². The first-order chi connectivity index (χ1) is 16.5. The number of alkyl carbamates (subject to hydrolysis) is 1. The number of carbonyl (C=O) groups excluding carboxylic acids is 2. The Morgan fingerprint density at radius 3 is 2.32 bits per heavy atom. The molecule has 0 saturated heterocycles. The van der Waals surface area contributed by atoms with Crippen LogP contribution in [0.3, 0.4) is 0 Å². The lowest BCUT2D eigenvalue weighted by Crippen LogP contribution is -2.50. The summed E-state index contributed by atoms with van der Waals surface area (Å²) >= 11 is 0. The van der Waals surface area contributed by atoms with Gasteiger partial charge in [0.05, 0.1) is 5.92 Å². The highest BCUT2D eigenvalue weighted by molar-refractivity contribution is 5.86. The van der Waals surface area contributed by atoms with Crippen molar-refractivity contribution >= 4 is 18.0 Å². The zero-order chi connectivity index (χ0) is 24.1. The summed E-state index contributed by atoms with van der Waals surface area (Å²) in [6.45, 7) is 2.10. The molecule has 0 spiro atoms. The van der Waals surface area contributed by atoms with Crippen LogP contribution in [0.15, 0.2) is 60.7 Å². The van der Waals surface area contributed by atoms with Crippen molar-refractivity contribution in [3.05, 3.63) is 71.8 Å². The number of benzene rings is 2. The molecule has 0 radical (unpaired) electrons. The molecule has 7 heteroatoms. The van der Waals surface area contributed by atoms with Crippen molar-refractivity contribution in [3.8, 4) is 11.1 Å². The van der Waals surface area contributed by atoms with E-state index in [1.807, 2.05) is 37.3 Å². The van der Waals surface area contributed by atoms with E-state index in [4.69, 9.17) is 4.74 Å². The van der Waals surface area contributed by atoms with Crippen molar-refractivity contribution in [3.63, 3.8) is 0 Å². The van der Waals surface area contributed by atoms with Crippen LogP contribution in [0.5, 0.6) is 0 Å². The second kappa shape index (κ2) is 10.5. The molecule has 2 aliphatic rings. The number of hydrogen-bond donors (Lipinski definition) is 3. The normalized spacial score (nSPS) is 19.6. The molecule has 3 atom stereocenters. The maximum atomic E-state index is 12.8. The van der Waals surface area contributed by atoms with Crippen LogP contribution in [-0.4, -0.2) is 41.8 Å². The van der Waals surface area contributed by atoms with E-state index in [9.17, 15) is 19.5 Å². The van der Waals surface area contributed by atoms with Gasteiger partial charge in [-0.25, -0.2) is 4.79 Å². The van der Waals surface area contributed by atoms with Crippen molar-refractivity contribution in [1.29, 1.82) is 0 Å². The van der Waals surface area contributed by atoms with E-state index in [2.05, 4.69) is 34.9 Å². The van der Waals surface area contributed by atoms with Crippen molar-refractivity contribution in [2.45, 2.75) is 50.6 Å². The third kappa shape index (κ3) is 5.14. The average molecular weight is 463 g/mol. The number of allylic oxidation sites excluding steroid dienone is 1. The predicted octanol–water partition coefficient (Wildman–Crippen LogP) is 4.23. The van der Waals surface area contributed by atoms with Gasteiger partial charge < -0.3 is 20.5 Å². The lowest BCUT2D eigenvalue weighted by Gasteiger charge is -2.25. The number of hydrogen-bond acceptors (Lipinski definition) is 4.